The third-order valence-electron chi connectivity index (χ3n) is 2.05. The van der Waals surface area contributed by atoms with Gasteiger partial charge in [0.1, 0.15) is 6.29 Å². The molecule has 0 spiro atoms. The van der Waals surface area contributed by atoms with Crippen molar-refractivity contribution >= 4 is 6.29 Å². The molecule has 0 amide bonds. The molecule has 0 aliphatic carbocycles. The van der Waals surface area contributed by atoms with Gasteiger partial charge in [-0.15, -0.1) is 0 Å². The summed E-state index contributed by atoms with van der Waals surface area (Å²) >= 11 is 0. The van der Waals surface area contributed by atoms with Gasteiger partial charge in [-0.25, -0.2) is 4.39 Å². The Morgan fingerprint density at radius 2 is 2.27 bits per heavy atom. The molecule has 0 fully saturated rings. The average Bonchev–Trinajstić information content (AvgIpc) is 2.18. The number of hydrogen-bond acceptors (Lipinski definition) is 3. The van der Waals surface area contributed by atoms with E-state index in [1.54, 1.807) is 24.1 Å². The zero-order valence-corrected chi connectivity index (χ0v) is 8.87. The number of carbonyl (C=O) groups is 1. The molecule has 0 unspecified atom stereocenters. The zero-order chi connectivity index (χ0) is 11.3. The van der Waals surface area contributed by atoms with Crippen LogP contribution in [0.25, 0.3) is 0 Å². The maximum absolute atomic E-state index is 13.3. The van der Waals surface area contributed by atoms with Crippen LogP contribution in [-0.4, -0.2) is 31.9 Å². The van der Waals surface area contributed by atoms with Gasteiger partial charge < -0.3 is 9.53 Å². The van der Waals surface area contributed by atoms with Crippen molar-refractivity contribution in [2.45, 2.75) is 6.54 Å². The zero-order valence-electron chi connectivity index (χ0n) is 8.87. The molecule has 0 aromatic heterocycles. The molecule has 0 atom stereocenters. The number of methoxy groups -OCH3 is 1. The van der Waals surface area contributed by atoms with Crippen molar-refractivity contribution in [2.24, 2.45) is 0 Å². The number of nitrogens with zero attached hydrogens (tertiary/aromatic N) is 1. The van der Waals surface area contributed by atoms with E-state index in [2.05, 4.69) is 0 Å². The molecule has 3 nitrogen and oxygen atoms in total. The highest BCUT2D eigenvalue weighted by atomic mass is 19.1. The van der Waals surface area contributed by atoms with E-state index in [1.807, 2.05) is 0 Å². The number of halogens is 1. The lowest BCUT2D eigenvalue weighted by Gasteiger charge is -2.13. The molecular formula is C11H14FNO2. The molecule has 0 saturated heterocycles. The van der Waals surface area contributed by atoms with Gasteiger partial charge in [-0.1, -0.05) is 6.07 Å². The summed E-state index contributed by atoms with van der Waals surface area (Å²) in [4.78, 5) is 12.0. The molecular weight excluding hydrogens is 197 g/mol. The van der Waals surface area contributed by atoms with Crippen molar-refractivity contribution in [2.75, 3.05) is 20.7 Å². The molecule has 0 saturated carbocycles. The van der Waals surface area contributed by atoms with Crippen LogP contribution in [0.4, 0.5) is 4.39 Å². The number of likely N-dealkylation sites (N-methyl/N-ethyl adjacent to an activating group) is 1. The summed E-state index contributed by atoms with van der Waals surface area (Å²) in [5.41, 5.74) is 0.817. The molecule has 0 heterocycles. The Morgan fingerprint density at radius 3 is 2.80 bits per heavy atom. The second-order valence-corrected chi connectivity index (χ2v) is 3.33. The fourth-order valence-corrected chi connectivity index (χ4v) is 1.31. The molecule has 1 rings (SSSR count). The highest BCUT2D eigenvalue weighted by Gasteiger charge is 2.05. The van der Waals surface area contributed by atoms with E-state index >= 15 is 0 Å². The average molecular weight is 211 g/mol. The summed E-state index contributed by atoms with van der Waals surface area (Å²) in [5, 5.41) is 0. The number of carbonyl (C=O) groups excluding carboxylic acids is 1. The predicted molar refractivity (Wildman–Crippen MR) is 55.4 cm³/mol. The van der Waals surface area contributed by atoms with Crippen LogP contribution >= 0.6 is 0 Å². The number of hydrogen-bond donors (Lipinski definition) is 0. The number of aldehydes is 1. The lowest BCUT2D eigenvalue weighted by atomic mass is 10.2. The standard InChI is InChI=1S/C11H14FNO2/c1-13(5-6-14)8-9-3-4-11(15-2)10(12)7-9/h3-4,6-7H,5,8H2,1-2H3. The van der Waals surface area contributed by atoms with E-state index in [9.17, 15) is 9.18 Å². The van der Waals surface area contributed by atoms with Crippen molar-refractivity contribution in [1.82, 2.24) is 4.90 Å². The van der Waals surface area contributed by atoms with Gasteiger partial charge in [0.25, 0.3) is 0 Å². The second kappa shape index (κ2) is 5.46. The van der Waals surface area contributed by atoms with Crippen LogP contribution in [0.3, 0.4) is 0 Å². The van der Waals surface area contributed by atoms with E-state index in [0.717, 1.165) is 11.8 Å². The molecule has 4 heteroatoms. The maximum Gasteiger partial charge on any atom is 0.165 e. The molecule has 0 N–H and O–H groups in total. The largest absolute Gasteiger partial charge is 0.494 e. The topological polar surface area (TPSA) is 29.5 Å². The summed E-state index contributed by atoms with van der Waals surface area (Å²) in [5.74, 6) is -0.147. The Bertz CT molecular complexity index is 341. The van der Waals surface area contributed by atoms with Gasteiger partial charge in [0, 0.05) is 6.54 Å². The fourth-order valence-electron chi connectivity index (χ4n) is 1.31. The van der Waals surface area contributed by atoms with E-state index in [0.29, 0.717) is 13.1 Å². The molecule has 1 aromatic carbocycles. The number of rotatable bonds is 5. The highest BCUT2D eigenvalue weighted by molar-refractivity contribution is 5.51. The van der Waals surface area contributed by atoms with E-state index < -0.39 is 0 Å². The Hall–Kier alpha value is -1.42. The summed E-state index contributed by atoms with van der Waals surface area (Å²) in [6, 6.07) is 4.78. The van der Waals surface area contributed by atoms with Crippen LogP contribution in [0.5, 0.6) is 5.75 Å². The highest BCUT2D eigenvalue weighted by Crippen LogP contribution is 2.18. The first-order valence-corrected chi connectivity index (χ1v) is 4.62. The van der Waals surface area contributed by atoms with Gasteiger partial charge in [0.15, 0.2) is 11.6 Å². The number of ether oxygens (including phenoxy) is 1. The fraction of sp³-hybridized carbons (Fsp3) is 0.364. The minimum atomic E-state index is -0.380. The minimum Gasteiger partial charge on any atom is -0.494 e. The summed E-state index contributed by atoms with van der Waals surface area (Å²) in [6.45, 7) is 0.882. The van der Waals surface area contributed by atoms with Gasteiger partial charge in [-0.2, -0.15) is 0 Å². The van der Waals surface area contributed by atoms with Crippen molar-refractivity contribution in [3.8, 4) is 5.75 Å². The summed E-state index contributed by atoms with van der Waals surface area (Å²) < 4.78 is 18.1. The first-order chi connectivity index (χ1) is 7.17. The van der Waals surface area contributed by atoms with E-state index in [4.69, 9.17) is 4.74 Å². The predicted octanol–water partition coefficient (Wildman–Crippen LogP) is 1.47. The summed E-state index contributed by atoms with van der Waals surface area (Å²) in [7, 11) is 3.23. The first-order valence-electron chi connectivity index (χ1n) is 4.62. The molecule has 82 valence electrons. The molecule has 0 radical (unpaired) electrons. The Kier molecular flexibility index (Phi) is 4.24. The van der Waals surface area contributed by atoms with Gasteiger partial charge in [-0.3, -0.25) is 4.90 Å². The summed E-state index contributed by atoms with van der Waals surface area (Å²) in [6.07, 6.45) is 0.819. The normalized spacial score (nSPS) is 10.4. The van der Waals surface area contributed by atoms with Gasteiger partial charge in [0.05, 0.1) is 13.7 Å². The van der Waals surface area contributed by atoms with Gasteiger partial charge >= 0.3 is 0 Å². The molecule has 0 aliphatic heterocycles. The number of benzene rings is 1. The van der Waals surface area contributed by atoms with Crippen LogP contribution in [0.15, 0.2) is 18.2 Å². The molecule has 0 bridgehead atoms. The first kappa shape index (κ1) is 11.7. The van der Waals surface area contributed by atoms with Gasteiger partial charge in [0.2, 0.25) is 0 Å². The molecule has 1 aromatic rings. The van der Waals surface area contributed by atoms with Crippen molar-refractivity contribution in [3.63, 3.8) is 0 Å². The van der Waals surface area contributed by atoms with Crippen molar-refractivity contribution in [1.29, 1.82) is 0 Å². The van der Waals surface area contributed by atoms with Crippen molar-refractivity contribution < 1.29 is 13.9 Å². The van der Waals surface area contributed by atoms with Crippen LogP contribution in [0, 0.1) is 5.82 Å². The Labute approximate surface area is 88.5 Å². The lowest BCUT2D eigenvalue weighted by molar-refractivity contribution is -0.108. The van der Waals surface area contributed by atoms with Crippen LogP contribution in [0.1, 0.15) is 5.56 Å². The van der Waals surface area contributed by atoms with Crippen LogP contribution in [0.2, 0.25) is 0 Å². The van der Waals surface area contributed by atoms with E-state index in [-0.39, 0.29) is 11.6 Å². The third-order valence-corrected chi connectivity index (χ3v) is 2.05. The SMILES string of the molecule is COc1ccc(CN(C)CC=O)cc1F. The van der Waals surface area contributed by atoms with Crippen molar-refractivity contribution in [3.05, 3.63) is 29.6 Å². The van der Waals surface area contributed by atoms with Gasteiger partial charge in [-0.05, 0) is 24.7 Å². The minimum absolute atomic E-state index is 0.233. The smallest absolute Gasteiger partial charge is 0.165 e. The third kappa shape index (κ3) is 3.32. The van der Waals surface area contributed by atoms with Crippen LogP contribution < -0.4 is 4.74 Å². The van der Waals surface area contributed by atoms with Crippen LogP contribution in [-0.2, 0) is 11.3 Å². The quantitative estimate of drug-likeness (QED) is 0.691. The lowest BCUT2D eigenvalue weighted by Crippen LogP contribution is -2.19. The molecule has 15 heavy (non-hydrogen) atoms. The molecule has 0 aliphatic rings. The monoisotopic (exact) mass is 211 g/mol. The second-order valence-electron chi connectivity index (χ2n) is 3.33. The Morgan fingerprint density at radius 1 is 1.53 bits per heavy atom. The van der Waals surface area contributed by atoms with E-state index in [1.165, 1.54) is 13.2 Å². The maximum atomic E-state index is 13.3. The Balaban J connectivity index is 2.70.